The monoisotopic (exact) mass is 358 g/mol. The molecule has 0 radical (unpaired) electrons. The molecule has 0 heterocycles. The summed E-state index contributed by atoms with van der Waals surface area (Å²) in [6.07, 6.45) is 14.2. The van der Waals surface area contributed by atoms with Gasteiger partial charge in [0.15, 0.2) is 0 Å². The Bertz CT molecular complexity index is 345. The van der Waals surface area contributed by atoms with Gasteiger partial charge in [0.2, 0.25) is 0 Å². The first-order valence-electron chi connectivity index (χ1n) is 8.97. The van der Waals surface area contributed by atoms with Crippen LogP contribution in [0.4, 0.5) is 0 Å². The van der Waals surface area contributed by atoms with E-state index in [1.54, 1.807) is 0 Å². The Kier molecular flexibility index (Phi) is 18.5. The Morgan fingerprint density at radius 3 is 1.35 bits per heavy atom. The summed E-state index contributed by atoms with van der Waals surface area (Å²) in [4.78, 5) is 0. The fraction of sp³-hybridized carbons (Fsp3) is 1.00. The average Bonchev–Trinajstić information content (AvgIpc) is 2.42. The van der Waals surface area contributed by atoms with E-state index in [1.807, 2.05) is 6.92 Å². The zero-order valence-corrected chi connectivity index (χ0v) is 18.2. The van der Waals surface area contributed by atoms with Crippen molar-refractivity contribution in [3.8, 4) is 0 Å². The molecule has 0 saturated heterocycles. The normalized spacial score (nSPS) is 14.3. The molecule has 0 aliphatic heterocycles. The first-order chi connectivity index (χ1) is 10.3. The molecule has 0 aliphatic rings. The van der Waals surface area contributed by atoms with E-state index < -0.39 is 15.4 Å². The van der Waals surface area contributed by atoms with E-state index in [0.717, 1.165) is 32.1 Å². The summed E-state index contributed by atoms with van der Waals surface area (Å²) in [5, 5.41) is 8.40. The molecule has 23 heavy (non-hydrogen) atoms. The maximum Gasteiger partial charge on any atom is 1.00 e. The molecule has 0 aromatic heterocycles. The smallest absolute Gasteiger partial charge is 0.748 e. The van der Waals surface area contributed by atoms with Crippen molar-refractivity contribution in [3.05, 3.63) is 0 Å². The molecule has 4 nitrogen and oxygen atoms in total. The van der Waals surface area contributed by atoms with Crippen LogP contribution >= 0.6 is 0 Å². The largest absolute Gasteiger partial charge is 1.00 e. The number of rotatable bonds is 15. The molecule has 6 heteroatoms. The van der Waals surface area contributed by atoms with Gasteiger partial charge < -0.3 is 9.66 Å². The van der Waals surface area contributed by atoms with E-state index in [0.29, 0.717) is 6.42 Å². The van der Waals surface area contributed by atoms with Gasteiger partial charge in [-0.1, -0.05) is 70.6 Å². The SMILES string of the molecule is CC(O)CCCCCCCCCCCCCC(C)S(=O)(=O)[O-].[Na+]. The molecule has 0 amide bonds. The number of aliphatic hydroxyl groups excluding tert-OH is 1. The summed E-state index contributed by atoms with van der Waals surface area (Å²) in [6.45, 7) is 3.35. The zero-order valence-electron chi connectivity index (χ0n) is 15.4. The minimum atomic E-state index is -4.09. The second-order valence-corrected chi connectivity index (χ2v) is 8.41. The van der Waals surface area contributed by atoms with Gasteiger partial charge in [0.1, 0.15) is 0 Å². The second-order valence-electron chi connectivity index (χ2n) is 6.62. The first-order valence-corrected chi connectivity index (χ1v) is 10.4. The standard InChI is InChI=1S/C17H36O4S.Na/c1-16(18)14-12-10-8-6-4-3-5-7-9-11-13-15-17(2)22(19,20)21;/h16-18H,3-15H2,1-2H3,(H,19,20,21);/q;+1/p-1. The van der Waals surface area contributed by atoms with Crippen molar-refractivity contribution in [1.82, 2.24) is 0 Å². The Labute approximate surface area is 165 Å². The number of hydrogen-bond donors (Lipinski definition) is 1. The van der Waals surface area contributed by atoms with E-state index in [2.05, 4.69) is 0 Å². The molecule has 0 spiro atoms. The van der Waals surface area contributed by atoms with Crippen LogP contribution in [0.5, 0.6) is 0 Å². The summed E-state index contributed by atoms with van der Waals surface area (Å²) >= 11 is 0. The predicted molar refractivity (Wildman–Crippen MR) is 90.9 cm³/mol. The molecule has 134 valence electrons. The third-order valence-electron chi connectivity index (χ3n) is 4.23. The molecule has 0 fully saturated rings. The predicted octanol–water partition coefficient (Wildman–Crippen LogP) is 1.38. The molecule has 0 rings (SSSR count). The van der Waals surface area contributed by atoms with Gasteiger partial charge in [-0.3, -0.25) is 0 Å². The zero-order chi connectivity index (χ0) is 16.8. The van der Waals surface area contributed by atoms with Crippen molar-refractivity contribution in [3.63, 3.8) is 0 Å². The fourth-order valence-corrected chi connectivity index (χ4v) is 3.06. The molecule has 0 aliphatic carbocycles. The number of aliphatic hydroxyl groups is 1. The maximum atomic E-state index is 10.7. The van der Waals surface area contributed by atoms with Crippen LogP contribution in [0.3, 0.4) is 0 Å². The number of hydrogen-bond acceptors (Lipinski definition) is 4. The molecule has 0 saturated carbocycles. The van der Waals surface area contributed by atoms with Crippen molar-refractivity contribution < 1.29 is 47.6 Å². The van der Waals surface area contributed by atoms with E-state index in [-0.39, 0.29) is 35.7 Å². The van der Waals surface area contributed by atoms with Gasteiger partial charge in [-0.2, -0.15) is 0 Å². The van der Waals surface area contributed by atoms with Gasteiger partial charge in [0, 0.05) is 5.25 Å². The third-order valence-corrected chi connectivity index (χ3v) is 5.45. The molecule has 1 N–H and O–H groups in total. The minimum absolute atomic E-state index is 0. The quantitative estimate of drug-likeness (QED) is 0.272. The van der Waals surface area contributed by atoms with Gasteiger partial charge in [0.25, 0.3) is 0 Å². The van der Waals surface area contributed by atoms with Gasteiger partial charge in [0.05, 0.1) is 16.2 Å². The maximum absolute atomic E-state index is 10.7. The van der Waals surface area contributed by atoms with Crippen molar-refractivity contribution in [2.45, 2.75) is 109 Å². The molecule has 2 atom stereocenters. The molecule has 2 unspecified atom stereocenters. The average molecular weight is 359 g/mol. The van der Waals surface area contributed by atoms with Gasteiger partial charge in [-0.15, -0.1) is 0 Å². The van der Waals surface area contributed by atoms with Crippen molar-refractivity contribution in [2.75, 3.05) is 0 Å². The van der Waals surface area contributed by atoms with Crippen LogP contribution in [0, 0.1) is 0 Å². The van der Waals surface area contributed by atoms with Crippen LogP contribution in [0.25, 0.3) is 0 Å². The van der Waals surface area contributed by atoms with E-state index in [4.69, 9.17) is 5.11 Å². The Morgan fingerprint density at radius 2 is 1.04 bits per heavy atom. The summed E-state index contributed by atoms with van der Waals surface area (Å²) in [5.41, 5.74) is 0. The first kappa shape index (κ1) is 26.1. The van der Waals surface area contributed by atoms with E-state index in [1.165, 1.54) is 51.9 Å². The summed E-state index contributed by atoms with van der Waals surface area (Å²) in [5.74, 6) is 0. The van der Waals surface area contributed by atoms with Crippen molar-refractivity contribution in [2.24, 2.45) is 0 Å². The van der Waals surface area contributed by atoms with Crippen LogP contribution in [0.1, 0.15) is 97.3 Å². The summed E-state index contributed by atoms with van der Waals surface area (Å²) in [7, 11) is -4.09. The molecular weight excluding hydrogens is 323 g/mol. The molecule has 0 bridgehead atoms. The number of unbranched alkanes of at least 4 members (excludes halogenated alkanes) is 10. The van der Waals surface area contributed by atoms with Crippen LogP contribution in [0.15, 0.2) is 0 Å². The fourth-order valence-electron chi connectivity index (χ4n) is 2.61. The van der Waals surface area contributed by atoms with Gasteiger partial charge in [-0.25, -0.2) is 8.42 Å². The van der Waals surface area contributed by atoms with Crippen LogP contribution in [-0.2, 0) is 10.1 Å². The minimum Gasteiger partial charge on any atom is -0.748 e. The Balaban J connectivity index is 0. The Hall–Kier alpha value is 0.870. The topological polar surface area (TPSA) is 77.4 Å². The van der Waals surface area contributed by atoms with Crippen LogP contribution in [0.2, 0.25) is 0 Å². The van der Waals surface area contributed by atoms with E-state index >= 15 is 0 Å². The van der Waals surface area contributed by atoms with Crippen LogP contribution < -0.4 is 29.6 Å². The third kappa shape index (κ3) is 19.0. The van der Waals surface area contributed by atoms with Crippen LogP contribution in [-0.4, -0.2) is 29.4 Å². The molecular formula is C17H35NaO4S. The molecule has 0 aromatic rings. The van der Waals surface area contributed by atoms with E-state index in [9.17, 15) is 13.0 Å². The summed E-state index contributed by atoms with van der Waals surface area (Å²) in [6, 6.07) is 0. The van der Waals surface area contributed by atoms with Crippen molar-refractivity contribution >= 4 is 10.1 Å². The van der Waals surface area contributed by atoms with Crippen molar-refractivity contribution in [1.29, 1.82) is 0 Å². The molecule has 0 aromatic carbocycles. The summed E-state index contributed by atoms with van der Waals surface area (Å²) < 4.78 is 32.2. The van der Waals surface area contributed by atoms with Gasteiger partial charge in [-0.05, 0) is 26.7 Å². The second kappa shape index (κ2) is 16.3. The Morgan fingerprint density at radius 1 is 0.739 bits per heavy atom. The van der Waals surface area contributed by atoms with Gasteiger partial charge >= 0.3 is 29.6 Å².